The smallest absolute Gasteiger partial charge is 0.308 e. The van der Waals surface area contributed by atoms with Crippen LogP contribution in [0.2, 0.25) is 0 Å². The summed E-state index contributed by atoms with van der Waals surface area (Å²) < 4.78 is 37.0. The second-order valence-electron chi connectivity index (χ2n) is 9.43. The number of sulfonamides is 1. The molecule has 1 unspecified atom stereocenters. The first-order chi connectivity index (χ1) is 17.5. The Morgan fingerprint density at radius 1 is 1.03 bits per heavy atom. The number of aromatic nitrogens is 1. The molecular formula is C27H27N3O5S2. The Bertz CT molecular complexity index is 1670. The van der Waals surface area contributed by atoms with E-state index in [1.54, 1.807) is 59.2 Å². The molecule has 4 aromatic rings. The van der Waals surface area contributed by atoms with Gasteiger partial charge in [0.2, 0.25) is 0 Å². The second kappa shape index (κ2) is 9.35. The number of nitrogens with one attached hydrogen (secondary N) is 1. The van der Waals surface area contributed by atoms with Crippen LogP contribution in [-0.4, -0.2) is 31.5 Å². The van der Waals surface area contributed by atoms with Crippen molar-refractivity contribution >= 4 is 48.9 Å². The first-order valence-electron chi connectivity index (χ1n) is 11.9. The van der Waals surface area contributed by atoms with Gasteiger partial charge >= 0.3 is 4.87 Å². The minimum atomic E-state index is -3.95. The summed E-state index contributed by atoms with van der Waals surface area (Å²) in [6.45, 7) is 7.46. The molecule has 1 atom stereocenters. The van der Waals surface area contributed by atoms with Crippen LogP contribution in [0.4, 0.5) is 11.4 Å². The van der Waals surface area contributed by atoms with Crippen LogP contribution in [0, 0.1) is 13.8 Å². The van der Waals surface area contributed by atoms with Crippen molar-refractivity contribution in [3.63, 3.8) is 0 Å². The molecule has 0 fully saturated rings. The fraction of sp³-hybridized carbons (Fsp3) is 0.259. The number of hydrogen-bond donors (Lipinski definition) is 1. The molecular weight excluding hydrogens is 510 g/mol. The lowest BCUT2D eigenvalue weighted by Crippen LogP contribution is -2.48. The second-order valence-corrected chi connectivity index (χ2v) is 12.3. The molecule has 192 valence electrons. The third kappa shape index (κ3) is 4.62. The highest BCUT2D eigenvalue weighted by atomic mass is 32.2. The lowest BCUT2D eigenvalue weighted by atomic mass is 10.1. The number of aryl methyl sites for hydroxylation is 2. The quantitative estimate of drug-likeness (QED) is 0.392. The summed E-state index contributed by atoms with van der Waals surface area (Å²) in [4.78, 5) is 25.8. The number of benzene rings is 3. The van der Waals surface area contributed by atoms with Crippen molar-refractivity contribution in [2.45, 2.75) is 44.7 Å². The summed E-state index contributed by atoms with van der Waals surface area (Å²) in [7, 11) is -3.95. The number of ether oxygens (including phenoxy) is 1. The highest BCUT2D eigenvalue weighted by Crippen LogP contribution is 2.38. The van der Waals surface area contributed by atoms with Crippen LogP contribution >= 0.6 is 11.3 Å². The van der Waals surface area contributed by atoms with Crippen LogP contribution in [0.25, 0.3) is 10.2 Å². The Morgan fingerprint density at radius 2 is 1.73 bits per heavy atom. The topological polar surface area (TPSA) is 97.7 Å². The van der Waals surface area contributed by atoms with E-state index in [4.69, 9.17) is 4.74 Å². The molecule has 5 rings (SSSR count). The first kappa shape index (κ1) is 25.0. The molecule has 0 radical (unpaired) electrons. The zero-order valence-electron chi connectivity index (χ0n) is 20.9. The molecule has 1 N–H and O–H groups in total. The molecule has 1 amide bonds. The number of nitrogens with zero attached hydrogens (tertiary/aromatic N) is 2. The van der Waals surface area contributed by atoms with Crippen LogP contribution in [0.5, 0.6) is 5.75 Å². The van der Waals surface area contributed by atoms with Crippen molar-refractivity contribution < 1.29 is 17.9 Å². The number of rotatable bonds is 5. The molecule has 3 aromatic carbocycles. The van der Waals surface area contributed by atoms with E-state index in [1.165, 1.54) is 4.31 Å². The SMILES string of the molecule is Cc1ccc(S(=O)(=O)N2CC(C(=O)Nc3ccc4c(c3)sc(=O)n4C(C)C)Oc3ccc(C)cc32)cc1. The van der Waals surface area contributed by atoms with Crippen molar-refractivity contribution in [1.82, 2.24) is 4.57 Å². The third-order valence-electron chi connectivity index (χ3n) is 6.28. The van der Waals surface area contributed by atoms with Crippen molar-refractivity contribution in [3.05, 3.63) is 81.5 Å². The number of fused-ring (bicyclic) bond motifs is 2. The Morgan fingerprint density at radius 3 is 2.43 bits per heavy atom. The minimum Gasteiger partial charge on any atom is -0.476 e. The maximum Gasteiger partial charge on any atom is 0.308 e. The van der Waals surface area contributed by atoms with Gasteiger partial charge in [0.1, 0.15) is 5.75 Å². The van der Waals surface area contributed by atoms with Gasteiger partial charge in [-0.05, 0) is 75.7 Å². The van der Waals surface area contributed by atoms with Gasteiger partial charge in [-0.2, -0.15) is 0 Å². The van der Waals surface area contributed by atoms with E-state index >= 15 is 0 Å². The molecule has 0 saturated heterocycles. The van der Waals surface area contributed by atoms with E-state index in [1.807, 2.05) is 33.8 Å². The Hall–Kier alpha value is -3.63. The Balaban J connectivity index is 1.46. The van der Waals surface area contributed by atoms with Crippen LogP contribution in [0.1, 0.15) is 31.0 Å². The normalized spacial score (nSPS) is 15.5. The van der Waals surface area contributed by atoms with Gasteiger partial charge in [0.05, 0.1) is 27.3 Å². The number of anilines is 2. The zero-order valence-corrected chi connectivity index (χ0v) is 22.5. The summed E-state index contributed by atoms with van der Waals surface area (Å²) in [6, 6.07) is 17.1. The summed E-state index contributed by atoms with van der Waals surface area (Å²) in [5, 5.41) is 2.83. The first-order valence-corrected chi connectivity index (χ1v) is 14.1. The van der Waals surface area contributed by atoms with Gasteiger partial charge in [0, 0.05) is 11.7 Å². The van der Waals surface area contributed by atoms with Crippen molar-refractivity contribution in [2.75, 3.05) is 16.2 Å². The summed E-state index contributed by atoms with van der Waals surface area (Å²) in [6.07, 6.45) is -1.08. The third-order valence-corrected chi connectivity index (χ3v) is 8.99. The highest BCUT2D eigenvalue weighted by Gasteiger charge is 2.37. The van der Waals surface area contributed by atoms with E-state index in [2.05, 4.69) is 5.32 Å². The summed E-state index contributed by atoms with van der Waals surface area (Å²) in [5.41, 5.74) is 3.51. The summed E-state index contributed by atoms with van der Waals surface area (Å²) in [5.74, 6) is -0.166. The maximum absolute atomic E-state index is 13.6. The lowest BCUT2D eigenvalue weighted by molar-refractivity contribution is -0.122. The zero-order chi connectivity index (χ0) is 26.5. The molecule has 0 bridgehead atoms. The molecule has 1 aromatic heterocycles. The average Bonchev–Trinajstić information content (AvgIpc) is 3.18. The molecule has 8 nitrogen and oxygen atoms in total. The van der Waals surface area contributed by atoms with Gasteiger partial charge in [-0.25, -0.2) is 8.42 Å². The highest BCUT2D eigenvalue weighted by molar-refractivity contribution is 7.92. The van der Waals surface area contributed by atoms with Crippen LogP contribution < -0.4 is 19.2 Å². The standard InChI is InChI=1S/C27H27N3O5S2/c1-16(2)30-21-11-8-19(14-25(21)36-27(30)32)28-26(31)24-15-29(22-13-18(4)7-12-23(22)35-24)37(33,34)20-9-5-17(3)6-10-20/h5-14,16,24H,15H2,1-4H3,(H,28,31). The minimum absolute atomic E-state index is 0.0162. The fourth-order valence-corrected chi connectivity index (χ4v) is 6.91. The maximum atomic E-state index is 13.6. The van der Waals surface area contributed by atoms with Crippen LogP contribution in [0.3, 0.4) is 0 Å². The molecule has 0 spiro atoms. The van der Waals surface area contributed by atoms with E-state index < -0.39 is 22.0 Å². The average molecular weight is 538 g/mol. The Labute approximate surface area is 219 Å². The summed E-state index contributed by atoms with van der Waals surface area (Å²) >= 11 is 1.12. The molecule has 0 aliphatic carbocycles. The predicted molar refractivity (Wildman–Crippen MR) is 146 cm³/mol. The van der Waals surface area contributed by atoms with E-state index in [9.17, 15) is 18.0 Å². The number of carbonyl (C=O) groups excluding carboxylic acids is 1. The van der Waals surface area contributed by atoms with Crippen LogP contribution in [0.15, 0.2) is 70.4 Å². The predicted octanol–water partition coefficient (Wildman–Crippen LogP) is 4.86. The number of thiazole rings is 1. The molecule has 10 heteroatoms. The Kier molecular flexibility index (Phi) is 6.33. The van der Waals surface area contributed by atoms with Gasteiger partial charge in [-0.3, -0.25) is 18.5 Å². The molecule has 1 aliphatic heterocycles. The molecule has 2 heterocycles. The van der Waals surface area contributed by atoms with Gasteiger partial charge in [-0.1, -0.05) is 35.1 Å². The molecule has 1 aliphatic rings. The van der Waals surface area contributed by atoms with E-state index in [-0.39, 0.29) is 22.4 Å². The fourth-order valence-electron chi connectivity index (χ4n) is 4.39. The van der Waals surface area contributed by atoms with Crippen molar-refractivity contribution in [3.8, 4) is 5.75 Å². The van der Waals surface area contributed by atoms with E-state index in [0.717, 1.165) is 32.7 Å². The number of amides is 1. The van der Waals surface area contributed by atoms with Crippen molar-refractivity contribution in [1.29, 1.82) is 0 Å². The van der Waals surface area contributed by atoms with Gasteiger partial charge in [0.15, 0.2) is 6.10 Å². The van der Waals surface area contributed by atoms with Gasteiger partial charge < -0.3 is 10.1 Å². The number of carbonyl (C=O) groups is 1. The largest absolute Gasteiger partial charge is 0.476 e. The van der Waals surface area contributed by atoms with Crippen LogP contribution in [-0.2, 0) is 14.8 Å². The molecule has 0 saturated carbocycles. The number of hydrogen-bond acceptors (Lipinski definition) is 6. The lowest BCUT2D eigenvalue weighted by Gasteiger charge is -2.35. The van der Waals surface area contributed by atoms with Gasteiger partial charge in [-0.15, -0.1) is 0 Å². The van der Waals surface area contributed by atoms with E-state index in [0.29, 0.717) is 17.1 Å². The van der Waals surface area contributed by atoms with Gasteiger partial charge in [0.25, 0.3) is 15.9 Å². The molecule has 37 heavy (non-hydrogen) atoms. The van der Waals surface area contributed by atoms with Crippen molar-refractivity contribution in [2.24, 2.45) is 0 Å². The monoisotopic (exact) mass is 537 g/mol.